The molecule has 0 radical (unpaired) electrons. The van der Waals surface area contributed by atoms with Crippen molar-refractivity contribution in [3.63, 3.8) is 0 Å². The van der Waals surface area contributed by atoms with Gasteiger partial charge in [0, 0.05) is 6.61 Å². The first-order valence-corrected chi connectivity index (χ1v) is 5.13. The summed E-state index contributed by atoms with van der Waals surface area (Å²) in [5.41, 5.74) is 0. The minimum absolute atomic E-state index is 0.471. The molecule has 0 aromatic heterocycles. The molecular weight excluding hydrogens is 152 g/mol. The molecule has 12 heavy (non-hydrogen) atoms. The van der Waals surface area contributed by atoms with Crippen LogP contribution in [0.2, 0.25) is 0 Å². The van der Waals surface area contributed by atoms with Crippen LogP contribution in [0, 0.1) is 0 Å². The van der Waals surface area contributed by atoms with E-state index >= 15 is 0 Å². The molecule has 0 aromatic carbocycles. The van der Waals surface area contributed by atoms with Crippen LogP contribution >= 0.6 is 0 Å². The largest absolute Gasteiger partial charge is 0.356 e. The quantitative estimate of drug-likeness (QED) is 0.369. The Hall–Kier alpha value is -0.0800. The smallest absolute Gasteiger partial charge is 0.147 e. The second kappa shape index (κ2) is 6.44. The molecule has 0 amide bonds. The van der Waals surface area contributed by atoms with Gasteiger partial charge in [-0.05, 0) is 19.8 Å². The molecule has 0 unspecified atom stereocenters. The van der Waals surface area contributed by atoms with Crippen LogP contribution in [0.3, 0.4) is 0 Å². The van der Waals surface area contributed by atoms with Crippen LogP contribution < -0.4 is 0 Å². The van der Waals surface area contributed by atoms with Crippen molar-refractivity contribution in [1.29, 1.82) is 0 Å². The van der Waals surface area contributed by atoms with Crippen LogP contribution in [0.4, 0.5) is 0 Å². The highest BCUT2D eigenvalue weighted by Crippen LogP contribution is 2.19. The van der Waals surface area contributed by atoms with Gasteiger partial charge >= 0.3 is 0 Å². The van der Waals surface area contributed by atoms with Crippen molar-refractivity contribution in [2.75, 3.05) is 13.4 Å². The molecule has 0 atom stereocenters. The molecule has 1 rings (SSSR count). The normalized spacial score (nSPS) is 20.8. The summed E-state index contributed by atoms with van der Waals surface area (Å²) in [7, 11) is 0. The van der Waals surface area contributed by atoms with E-state index in [-0.39, 0.29) is 0 Å². The SMILES string of the molecule is CCOCOC1CCCCCC1. The highest BCUT2D eigenvalue weighted by Gasteiger charge is 2.11. The summed E-state index contributed by atoms with van der Waals surface area (Å²) in [6.45, 7) is 3.24. The summed E-state index contributed by atoms with van der Waals surface area (Å²) in [5.74, 6) is 0. The fourth-order valence-corrected chi connectivity index (χ4v) is 1.64. The van der Waals surface area contributed by atoms with Crippen LogP contribution in [-0.4, -0.2) is 19.5 Å². The molecular formula is C10H20O2. The van der Waals surface area contributed by atoms with E-state index in [0.29, 0.717) is 12.9 Å². The first-order valence-electron chi connectivity index (χ1n) is 5.13. The van der Waals surface area contributed by atoms with Gasteiger partial charge in [-0.2, -0.15) is 0 Å². The maximum absolute atomic E-state index is 5.58. The van der Waals surface area contributed by atoms with Gasteiger partial charge in [-0.1, -0.05) is 25.7 Å². The van der Waals surface area contributed by atoms with Crippen molar-refractivity contribution in [1.82, 2.24) is 0 Å². The van der Waals surface area contributed by atoms with Crippen LogP contribution in [0.1, 0.15) is 45.4 Å². The van der Waals surface area contributed by atoms with Gasteiger partial charge in [-0.25, -0.2) is 0 Å². The summed E-state index contributed by atoms with van der Waals surface area (Å²) >= 11 is 0. The molecule has 0 aliphatic heterocycles. The van der Waals surface area contributed by atoms with Gasteiger partial charge in [-0.15, -0.1) is 0 Å². The maximum Gasteiger partial charge on any atom is 0.147 e. The second-order valence-corrected chi connectivity index (χ2v) is 3.39. The lowest BCUT2D eigenvalue weighted by Crippen LogP contribution is -2.13. The van der Waals surface area contributed by atoms with Gasteiger partial charge in [0.05, 0.1) is 6.10 Å². The van der Waals surface area contributed by atoms with Crippen LogP contribution in [0.25, 0.3) is 0 Å². The Bertz CT molecular complexity index is 96.0. The third-order valence-corrected chi connectivity index (χ3v) is 2.39. The summed E-state index contributed by atoms with van der Waals surface area (Å²) in [4.78, 5) is 0. The van der Waals surface area contributed by atoms with Gasteiger partial charge in [0.2, 0.25) is 0 Å². The molecule has 1 fully saturated rings. The zero-order chi connectivity index (χ0) is 8.65. The van der Waals surface area contributed by atoms with Gasteiger partial charge in [0.25, 0.3) is 0 Å². The van der Waals surface area contributed by atoms with Crippen LogP contribution in [0.5, 0.6) is 0 Å². The number of hydrogen-bond donors (Lipinski definition) is 0. The molecule has 72 valence electrons. The topological polar surface area (TPSA) is 18.5 Å². The summed E-state index contributed by atoms with van der Waals surface area (Å²) in [6.07, 6.45) is 8.36. The molecule has 2 nitrogen and oxygen atoms in total. The minimum atomic E-state index is 0.471. The Kier molecular flexibility index (Phi) is 5.37. The number of hydrogen-bond acceptors (Lipinski definition) is 2. The van der Waals surface area contributed by atoms with Crippen molar-refractivity contribution in [3.8, 4) is 0 Å². The van der Waals surface area contributed by atoms with Crippen molar-refractivity contribution < 1.29 is 9.47 Å². The number of ether oxygens (including phenoxy) is 2. The van der Waals surface area contributed by atoms with E-state index < -0.39 is 0 Å². The Morgan fingerprint density at radius 1 is 1.08 bits per heavy atom. The van der Waals surface area contributed by atoms with E-state index in [1.165, 1.54) is 38.5 Å². The third kappa shape index (κ3) is 4.07. The molecule has 0 aromatic rings. The Labute approximate surface area is 75.2 Å². The molecule has 0 bridgehead atoms. The zero-order valence-corrected chi connectivity index (χ0v) is 8.05. The number of rotatable bonds is 4. The van der Waals surface area contributed by atoms with E-state index in [0.717, 1.165) is 6.61 Å². The van der Waals surface area contributed by atoms with E-state index in [4.69, 9.17) is 9.47 Å². The van der Waals surface area contributed by atoms with E-state index in [9.17, 15) is 0 Å². The highest BCUT2D eigenvalue weighted by molar-refractivity contribution is 4.63. The molecule has 1 aliphatic carbocycles. The van der Waals surface area contributed by atoms with E-state index in [1.54, 1.807) is 0 Å². The van der Waals surface area contributed by atoms with Gasteiger partial charge in [0.15, 0.2) is 0 Å². The third-order valence-electron chi connectivity index (χ3n) is 2.39. The van der Waals surface area contributed by atoms with Gasteiger partial charge in [0.1, 0.15) is 6.79 Å². The molecule has 0 saturated heterocycles. The van der Waals surface area contributed by atoms with Crippen LogP contribution in [0.15, 0.2) is 0 Å². The standard InChI is InChI=1S/C10H20O2/c1-2-11-9-12-10-7-5-3-4-6-8-10/h10H,2-9H2,1H3. The van der Waals surface area contributed by atoms with Gasteiger partial charge < -0.3 is 9.47 Å². The molecule has 0 spiro atoms. The Morgan fingerprint density at radius 2 is 1.75 bits per heavy atom. The van der Waals surface area contributed by atoms with E-state index in [2.05, 4.69) is 0 Å². The Balaban J connectivity index is 2.04. The molecule has 0 N–H and O–H groups in total. The highest BCUT2D eigenvalue weighted by atomic mass is 16.7. The van der Waals surface area contributed by atoms with Crippen molar-refractivity contribution in [3.05, 3.63) is 0 Å². The first kappa shape index (κ1) is 10.0. The monoisotopic (exact) mass is 172 g/mol. The molecule has 0 heterocycles. The molecule has 1 saturated carbocycles. The average molecular weight is 172 g/mol. The lowest BCUT2D eigenvalue weighted by atomic mass is 10.2. The lowest BCUT2D eigenvalue weighted by molar-refractivity contribution is -0.0896. The first-order chi connectivity index (χ1) is 5.93. The summed E-state index contributed by atoms with van der Waals surface area (Å²) < 4.78 is 10.7. The predicted octanol–water partition coefficient (Wildman–Crippen LogP) is 2.72. The summed E-state index contributed by atoms with van der Waals surface area (Å²) in [5, 5.41) is 0. The Morgan fingerprint density at radius 3 is 2.33 bits per heavy atom. The van der Waals surface area contributed by atoms with Gasteiger partial charge in [-0.3, -0.25) is 0 Å². The van der Waals surface area contributed by atoms with Crippen molar-refractivity contribution in [2.24, 2.45) is 0 Å². The van der Waals surface area contributed by atoms with Crippen LogP contribution in [-0.2, 0) is 9.47 Å². The van der Waals surface area contributed by atoms with Crippen molar-refractivity contribution >= 4 is 0 Å². The maximum atomic E-state index is 5.58. The minimum Gasteiger partial charge on any atom is -0.356 e. The lowest BCUT2D eigenvalue weighted by Gasteiger charge is -2.14. The second-order valence-electron chi connectivity index (χ2n) is 3.39. The zero-order valence-electron chi connectivity index (χ0n) is 8.05. The molecule has 2 heteroatoms. The van der Waals surface area contributed by atoms with Crippen molar-refractivity contribution in [2.45, 2.75) is 51.6 Å². The summed E-state index contributed by atoms with van der Waals surface area (Å²) in [6, 6.07) is 0. The fraction of sp³-hybridized carbons (Fsp3) is 1.00. The van der Waals surface area contributed by atoms with E-state index in [1.807, 2.05) is 6.92 Å². The molecule has 1 aliphatic rings. The average Bonchev–Trinajstić information content (AvgIpc) is 2.33. The predicted molar refractivity (Wildman–Crippen MR) is 49.1 cm³/mol. The fourth-order valence-electron chi connectivity index (χ4n) is 1.64.